The van der Waals surface area contributed by atoms with Crippen LogP contribution < -0.4 is 5.32 Å². The second-order valence-corrected chi connectivity index (χ2v) is 17.6. The Kier molecular flexibility index (Phi) is 33.1. The van der Waals surface area contributed by atoms with Crippen molar-refractivity contribution >= 4 is 5.91 Å². The highest BCUT2D eigenvalue weighted by Gasteiger charge is 2.51. The fourth-order valence-corrected chi connectivity index (χ4v) is 7.97. The summed E-state index contributed by atoms with van der Waals surface area (Å²) in [5.41, 5.74) is 0. The summed E-state index contributed by atoms with van der Waals surface area (Å²) in [6.07, 6.45) is 23.3. The van der Waals surface area contributed by atoms with Crippen LogP contribution in [0.3, 0.4) is 0 Å². The molecule has 0 spiro atoms. The number of amides is 1. The van der Waals surface area contributed by atoms with Gasteiger partial charge in [-0.3, -0.25) is 4.79 Å². The van der Waals surface area contributed by atoms with E-state index in [9.17, 15) is 45.6 Å². The molecule has 63 heavy (non-hydrogen) atoms. The fraction of sp³-hybridized carbons (Fsp3) is 0.857. The van der Waals surface area contributed by atoms with Gasteiger partial charge in [0.05, 0.1) is 32.0 Å². The third-order valence-electron chi connectivity index (χ3n) is 12.1. The van der Waals surface area contributed by atoms with Gasteiger partial charge in [0.15, 0.2) is 12.6 Å². The topological polar surface area (TPSA) is 228 Å². The third-order valence-corrected chi connectivity index (χ3v) is 12.1. The van der Waals surface area contributed by atoms with Gasteiger partial charge in [-0.15, -0.1) is 0 Å². The minimum absolute atomic E-state index is 0.255. The zero-order chi connectivity index (χ0) is 46.1. The van der Waals surface area contributed by atoms with Gasteiger partial charge in [-0.05, 0) is 44.9 Å². The average Bonchev–Trinajstić information content (AvgIpc) is 3.28. The van der Waals surface area contributed by atoms with Gasteiger partial charge in [0.1, 0.15) is 48.8 Å². The molecule has 0 saturated carbocycles. The summed E-state index contributed by atoms with van der Waals surface area (Å²) in [6, 6.07) is -0.932. The highest BCUT2D eigenvalue weighted by Crippen LogP contribution is 2.30. The molecule has 0 aromatic rings. The number of nitrogens with one attached hydrogen (secondary N) is 1. The molecule has 0 radical (unpaired) electrons. The van der Waals surface area contributed by atoms with E-state index in [1.807, 2.05) is 6.08 Å². The van der Waals surface area contributed by atoms with Crippen LogP contribution >= 0.6 is 0 Å². The van der Waals surface area contributed by atoms with Gasteiger partial charge >= 0.3 is 0 Å². The van der Waals surface area contributed by atoms with Crippen LogP contribution in [0.1, 0.15) is 174 Å². The molecule has 9 N–H and O–H groups in total. The molecule has 2 aliphatic rings. The Bertz CT molecular complexity index is 1200. The lowest BCUT2D eigenvalue weighted by Gasteiger charge is -2.46. The molecule has 2 aliphatic heterocycles. The van der Waals surface area contributed by atoms with Crippen LogP contribution in [-0.2, 0) is 23.7 Å². The van der Waals surface area contributed by atoms with Crippen molar-refractivity contribution in [2.45, 2.75) is 248 Å². The van der Waals surface area contributed by atoms with E-state index in [1.54, 1.807) is 6.08 Å². The Hall–Kier alpha value is -1.79. The van der Waals surface area contributed by atoms with Gasteiger partial charge in [0.2, 0.25) is 5.91 Å². The molecule has 2 heterocycles. The summed E-state index contributed by atoms with van der Waals surface area (Å²) in [5.74, 6) is -0.255. The molecule has 0 aromatic heterocycles. The summed E-state index contributed by atoms with van der Waals surface area (Å²) in [7, 11) is 0. The summed E-state index contributed by atoms with van der Waals surface area (Å²) in [5, 5.41) is 86.6. The molecule has 2 fully saturated rings. The van der Waals surface area contributed by atoms with E-state index in [0.717, 1.165) is 44.9 Å². The van der Waals surface area contributed by atoms with Crippen LogP contribution in [0.2, 0.25) is 0 Å². The van der Waals surface area contributed by atoms with E-state index in [0.29, 0.717) is 12.8 Å². The maximum atomic E-state index is 13.1. The zero-order valence-corrected chi connectivity index (χ0v) is 38.8. The second-order valence-electron chi connectivity index (χ2n) is 17.6. The van der Waals surface area contributed by atoms with Crippen molar-refractivity contribution < 1.29 is 64.6 Å². The molecule has 0 aromatic carbocycles. The number of ether oxygens (including phenoxy) is 4. The SMILES string of the molecule is CCCCCCCC/C=C/CC/C=C/CC/C=C/C(O)C(COC1OC(CO)C(OC2OC(CO)C(O)C(O)C2O)C(O)C1O)NC(=O)CCCCCCCCCCCCCCC. The summed E-state index contributed by atoms with van der Waals surface area (Å²) < 4.78 is 22.6. The Labute approximate surface area is 379 Å². The van der Waals surface area contributed by atoms with Crippen molar-refractivity contribution in [3.8, 4) is 0 Å². The number of carbonyl (C=O) groups is 1. The Morgan fingerprint density at radius 1 is 0.556 bits per heavy atom. The molecule has 0 aliphatic carbocycles. The third kappa shape index (κ3) is 24.0. The average molecular weight is 900 g/mol. The van der Waals surface area contributed by atoms with Gasteiger partial charge in [-0.2, -0.15) is 0 Å². The van der Waals surface area contributed by atoms with E-state index in [2.05, 4.69) is 43.5 Å². The highest BCUT2D eigenvalue weighted by molar-refractivity contribution is 5.76. The van der Waals surface area contributed by atoms with E-state index >= 15 is 0 Å². The number of carbonyl (C=O) groups excluding carboxylic acids is 1. The smallest absolute Gasteiger partial charge is 0.220 e. The molecule has 12 atom stereocenters. The van der Waals surface area contributed by atoms with Crippen LogP contribution in [0.5, 0.6) is 0 Å². The van der Waals surface area contributed by atoms with Gasteiger partial charge < -0.3 is 65.1 Å². The normalized spacial score (nSPS) is 27.8. The number of aliphatic hydroxyl groups is 8. The first-order valence-corrected chi connectivity index (χ1v) is 24.7. The van der Waals surface area contributed by atoms with E-state index in [1.165, 1.54) is 96.3 Å². The van der Waals surface area contributed by atoms with Gasteiger partial charge in [-0.1, -0.05) is 159 Å². The number of rotatable bonds is 37. The standard InChI is InChI=1S/C49H89NO13/c1-3-5-7-9-11-13-15-17-18-19-21-22-24-26-28-30-32-38(53)37(50-41(54)33-31-29-27-25-23-20-16-14-12-10-8-6-4-2)36-60-48-46(59)44(57)47(40(35-52)62-48)63-49-45(58)43(56)42(55)39(34-51)61-49/h17-18,22,24,30,32,37-40,42-49,51-53,55-59H,3-16,19-21,23,25-29,31,33-36H2,1-2H3,(H,50,54)/b18-17+,24-22+,32-30+. The minimum Gasteiger partial charge on any atom is -0.394 e. The fourth-order valence-electron chi connectivity index (χ4n) is 7.97. The lowest BCUT2D eigenvalue weighted by Crippen LogP contribution is -2.65. The molecule has 14 nitrogen and oxygen atoms in total. The molecule has 12 unspecified atom stereocenters. The van der Waals surface area contributed by atoms with Crippen molar-refractivity contribution in [2.24, 2.45) is 0 Å². The zero-order valence-electron chi connectivity index (χ0n) is 38.8. The van der Waals surface area contributed by atoms with Crippen LogP contribution in [0, 0.1) is 0 Å². The van der Waals surface area contributed by atoms with E-state index < -0.39 is 86.8 Å². The molecule has 1 amide bonds. The Morgan fingerprint density at radius 3 is 1.56 bits per heavy atom. The number of hydrogen-bond donors (Lipinski definition) is 9. The maximum absolute atomic E-state index is 13.1. The number of aliphatic hydroxyl groups excluding tert-OH is 8. The predicted molar refractivity (Wildman–Crippen MR) is 244 cm³/mol. The predicted octanol–water partition coefficient (Wildman–Crippen LogP) is 5.93. The van der Waals surface area contributed by atoms with Crippen molar-refractivity contribution in [3.05, 3.63) is 36.5 Å². The molecule has 2 saturated heterocycles. The lowest BCUT2D eigenvalue weighted by atomic mass is 9.97. The first-order valence-electron chi connectivity index (χ1n) is 24.7. The highest BCUT2D eigenvalue weighted by atomic mass is 16.7. The van der Waals surface area contributed by atoms with Gasteiger partial charge in [0.25, 0.3) is 0 Å². The maximum Gasteiger partial charge on any atom is 0.220 e. The molecule has 368 valence electrons. The molecular weight excluding hydrogens is 811 g/mol. The molecule has 2 rings (SSSR count). The molecule has 0 bridgehead atoms. The number of hydrogen-bond acceptors (Lipinski definition) is 13. The van der Waals surface area contributed by atoms with E-state index in [-0.39, 0.29) is 18.9 Å². The minimum atomic E-state index is -1.79. The Morgan fingerprint density at radius 2 is 1.02 bits per heavy atom. The van der Waals surface area contributed by atoms with Crippen molar-refractivity contribution in [2.75, 3.05) is 19.8 Å². The second kappa shape index (κ2) is 36.3. The first kappa shape index (κ1) is 57.3. The van der Waals surface area contributed by atoms with Crippen LogP contribution in [0.15, 0.2) is 36.5 Å². The van der Waals surface area contributed by atoms with Crippen LogP contribution in [0.4, 0.5) is 0 Å². The van der Waals surface area contributed by atoms with E-state index in [4.69, 9.17) is 18.9 Å². The lowest BCUT2D eigenvalue weighted by molar-refractivity contribution is -0.359. The van der Waals surface area contributed by atoms with Crippen LogP contribution in [0.25, 0.3) is 0 Å². The Balaban J connectivity index is 1.90. The van der Waals surface area contributed by atoms with Crippen molar-refractivity contribution in [1.82, 2.24) is 5.32 Å². The van der Waals surface area contributed by atoms with Gasteiger partial charge in [-0.25, -0.2) is 0 Å². The summed E-state index contributed by atoms with van der Waals surface area (Å²) in [4.78, 5) is 13.1. The first-order chi connectivity index (χ1) is 30.6. The monoisotopic (exact) mass is 900 g/mol. The molecular formula is C49H89NO13. The summed E-state index contributed by atoms with van der Waals surface area (Å²) >= 11 is 0. The molecule has 14 heteroatoms. The van der Waals surface area contributed by atoms with Crippen molar-refractivity contribution in [1.29, 1.82) is 0 Å². The quantitative estimate of drug-likeness (QED) is 0.0261. The van der Waals surface area contributed by atoms with Gasteiger partial charge in [0, 0.05) is 6.42 Å². The largest absolute Gasteiger partial charge is 0.394 e. The van der Waals surface area contributed by atoms with Crippen LogP contribution in [-0.4, -0.2) is 140 Å². The number of allylic oxidation sites excluding steroid dienone is 5. The summed E-state index contributed by atoms with van der Waals surface area (Å²) in [6.45, 7) is 2.73. The number of unbranched alkanes of at least 4 members (excludes halogenated alkanes) is 20. The van der Waals surface area contributed by atoms with Crippen molar-refractivity contribution in [3.63, 3.8) is 0 Å².